The van der Waals surface area contributed by atoms with Crippen LogP contribution in [0.3, 0.4) is 0 Å². The molecule has 8 rings (SSSR count). The first-order chi connectivity index (χ1) is 23.5. The van der Waals surface area contributed by atoms with E-state index in [0.717, 1.165) is 83.0 Å². The Labute approximate surface area is 277 Å². The van der Waals surface area contributed by atoms with Crippen LogP contribution in [0.4, 0.5) is 26.3 Å². The minimum Gasteiger partial charge on any atom is -0.171 e. The highest BCUT2D eigenvalue weighted by Gasteiger charge is 2.30. The number of hydrogen-bond acceptors (Lipinski definition) is 0. The van der Waals surface area contributed by atoms with Crippen LogP contribution in [-0.2, 0) is 12.6 Å². The Morgan fingerprint density at radius 3 is 1.57 bits per heavy atom. The summed E-state index contributed by atoms with van der Waals surface area (Å²) in [6.07, 6.45) is -9.81. The molecule has 0 amide bonds. The molecule has 0 aliphatic carbocycles. The van der Waals surface area contributed by atoms with E-state index in [-0.39, 0.29) is 5.56 Å². The van der Waals surface area contributed by atoms with Gasteiger partial charge in [-0.3, -0.25) is 0 Å². The van der Waals surface area contributed by atoms with Crippen molar-refractivity contribution in [2.45, 2.75) is 18.8 Å². The fraction of sp³-hybridized carbons (Fsp3) is 0.0698. The van der Waals surface area contributed by atoms with Crippen molar-refractivity contribution in [2.75, 3.05) is 0 Å². The van der Waals surface area contributed by atoms with E-state index in [0.29, 0.717) is 5.56 Å². The van der Waals surface area contributed by atoms with Crippen LogP contribution in [0.25, 0.3) is 76.5 Å². The summed E-state index contributed by atoms with van der Waals surface area (Å²) in [6, 6.07) is 44.2. The summed E-state index contributed by atoms with van der Waals surface area (Å²) in [6.45, 7) is 0. The van der Waals surface area contributed by atoms with Gasteiger partial charge in [0.25, 0.3) is 0 Å². The molecule has 0 aliphatic heterocycles. The van der Waals surface area contributed by atoms with Crippen molar-refractivity contribution in [1.29, 1.82) is 0 Å². The van der Waals surface area contributed by atoms with Crippen molar-refractivity contribution in [3.05, 3.63) is 157 Å². The molecule has 0 saturated carbocycles. The first-order valence-corrected chi connectivity index (χ1v) is 15.8. The highest BCUT2D eigenvalue weighted by molar-refractivity contribution is 6.26. The summed E-state index contributed by atoms with van der Waals surface area (Å²) < 4.78 is 79.9. The molecule has 0 spiro atoms. The smallest absolute Gasteiger partial charge is 0.171 e. The predicted molar refractivity (Wildman–Crippen MR) is 188 cm³/mol. The Hall–Kier alpha value is -5.62. The minimum absolute atomic E-state index is 0.162. The highest BCUT2D eigenvalue weighted by Crippen LogP contribution is 2.47. The van der Waals surface area contributed by atoms with Crippen LogP contribution in [0.5, 0.6) is 0 Å². The lowest BCUT2D eigenvalue weighted by molar-refractivity contribution is -0.137. The molecule has 0 fully saturated rings. The molecule has 240 valence electrons. The van der Waals surface area contributed by atoms with Crippen molar-refractivity contribution < 1.29 is 26.3 Å². The molecule has 0 saturated heterocycles. The number of alkyl halides is 6. The van der Waals surface area contributed by atoms with Gasteiger partial charge in [0, 0.05) is 0 Å². The zero-order chi connectivity index (χ0) is 33.9. The van der Waals surface area contributed by atoms with Gasteiger partial charge in [0.1, 0.15) is 0 Å². The molecule has 0 bridgehead atoms. The highest BCUT2D eigenvalue weighted by atomic mass is 19.4. The molecule has 0 atom stereocenters. The van der Waals surface area contributed by atoms with Crippen molar-refractivity contribution in [3.63, 3.8) is 0 Å². The Balaban J connectivity index is 1.46. The molecule has 0 N–H and O–H groups in total. The molecule has 6 heteroatoms. The summed E-state index contributed by atoms with van der Waals surface area (Å²) >= 11 is 0. The second-order valence-corrected chi connectivity index (χ2v) is 12.3. The molecule has 0 aliphatic rings. The third-order valence-electron chi connectivity index (χ3n) is 9.25. The lowest BCUT2D eigenvalue weighted by Crippen LogP contribution is -2.11. The Morgan fingerprint density at radius 1 is 0.388 bits per heavy atom. The van der Waals surface area contributed by atoms with Crippen molar-refractivity contribution >= 4 is 43.1 Å². The van der Waals surface area contributed by atoms with Gasteiger partial charge in [0.05, 0.1) is 12.0 Å². The van der Waals surface area contributed by atoms with Crippen LogP contribution in [0.1, 0.15) is 11.1 Å². The van der Waals surface area contributed by atoms with Gasteiger partial charge in [-0.15, -0.1) is 0 Å². The van der Waals surface area contributed by atoms with Crippen LogP contribution in [0.2, 0.25) is 0 Å². The molecule has 0 unspecified atom stereocenters. The van der Waals surface area contributed by atoms with E-state index < -0.39 is 24.3 Å². The zero-order valence-electron chi connectivity index (χ0n) is 25.8. The third kappa shape index (κ3) is 5.57. The largest absolute Gasteiger partial charge is 0.416 e. The topological polar surface area (TPSA) is 0 Å². The summed E-state index contributed by atoms with van der Waals surface area (Å²) in [4.78, 5) is 0. The first kappa shape index (κ1) is 30.7. The fourth-order valence-electron chi connectivity index (χ4n) is 7.09. The van der Waals surface area contributed by atoms with Crippen LogP contribution in [-0.4, -0.2) is 6.18 Å². The number of fused-ring (bicyclic) bond motifs is 5. The first-order valence-electron chi connectivity index (χ1n) is 15.8. The van der Waals surface area contributed by atoms with Crippen LogP contribution >= 0.6 is 0 Å². The number of benzene rings is 8. The normalized spacial score (nSPS) is 12.4. The molecule has 0 heterocycles. The lowest BCUT2D eigenvalue weighted by atomic mass is 9.83. The maximum Gasteiger partial charge on any atom is 0.416 e. The maximum atomic E-state index is 13.4. The summed E-state index contributed by atoms with van der Waals surface area (Å²) in [5.74, 6) is 0. The Morgan fingerprint density at radius 2 is 0.918 bits per heavy atom. The van der Waals surface area contributed by atoms with Gasteiger partial charge in [-0.25, -0.2) is 0 Å². The second-order valence-electron chi connectivity index (χ2n) is 12.3. The van der Waals surface area contributed by atoms with Gasteiger partial charge in [-0.05, 0) is 106 Å². The van der Waals surface area contributed by atoms with E-state index in [1.807, 2.05) is 60.7 Å². The van der Waals surface area contributed by atoms with Gasteiger partial charge in [0.2, 0.25) is 0 Å². The molecule has 8 aromatic carbocycles. The standard InChI is InChI=1S/C43H26F6/c44-42(45,46)25-26-13-15-28(16-14-26)40-35-11-5-6-12-36(35)41(38-24-30-7-1-2-8-32(30)33-9-3-4-10-34(33)38)37-22-19-29(23-39(37)40)27-17-20-31(21-18-27)43(47,48)49/h1-24H,25H2. The van der Waals surface area contributed by atoms with Crippen LogP contribution in [0, 0.1) is 0 Å². The average Bonchev–Trinajstić information content (AvgIpc) is 3.09. The molecule has 49 heavy (non-hydrogen) atoms. The molecule has 8 aromatic rings. The lowest BCUT2D eigenvalue weighted by Gasteiger charge is -2.20. The molecular formula is C43H26F6. The Bertz CT molecular complexity index is 2520. The molecule has 0 aromatic heterocycles. The second kappa shape index (κ2) is 11.5. The van der Waals surface area contributed by atoms with Crippen molar-refractivity contribution in [1.82, 2.24) is 0 Å². The van der Waals surface area contributed by atoms with Gasteiger partial charge in [0.15, 0.2) is 0 Å². The zero-order valence-corrected chi connectivity index (χ0v) is 25.8. The van der Waals surface area contributed by atoms with E-state index in [1.54, 1.807) is 12.1 Å². The molecule has 0 radical (unpaired) electrons. The third-order valence-corrected chi connectivity index (χ3v) is 9.25. The minimum atomic E-state index is -4.45. The van der Waals surface area contributed by atoms with Gasteiger partial charge in [-0.1, -0.05) is 121 Å². The van der Waals surface area contributed by atoms with E-state index in [2.05, 4.69) is 36.4 Å². The van der Waals surface area contributed by atoms with Crippen LogP contribution < -0.4 is 0 Å². The number of hydrogen-bond donors (Lipinski definition) is 0. The van der Waals surface area contributed by atoms with Gasteiger partial charge >= 0.3 is 12.4 Å². The number of rotatable bonds is 4. The molecular weight excluding hydrogens is 630 g/mol. The summed E-state index contributed by atoms with van der Waals surface area (Å²) in [5, 5.41) is 8.05. The monoisotopic (exact) mass is 656 g/mol. The SMILES string of the molecule is FC(F)(F)Cc1ccc(-c2c3ccccc3c(-c3cc4ccccc4c4ccccc34)c3ccc(-c4ccc(C(F)(F)F)cc4)cc23)cc1. The quantitative estimate of drug-likeness (QED) is 0.100. The maximum absolute atomic E-state index is 13.4. The van der Waals surface area contributed by atoms with E-state index in [1.165, 1.54) is 24.3 Å². The van der Waals surface area contributed by atoms with E-state index in [9.17, 15) is 26.3 Å². The van der Waals surface area contributed by atoms with Gasteiger partial charge in [-0.2, -0.15) is 26.3 Å². The van der Waals surface area contributed by atoms with E-state index >= 15 is 0 Å². The van der Waals surface area contributed by atoms with Crippen molar-refractivity contribution in [3.8, 4) is 33.4 Å². The Kier molecular flexibility index (Phi) is 7.21. The van der Waals surface area contributed by atoms with Crippen LogP contribution in [0.15, 0.2) is 146 Å². The van der Waals surface area contributed by atoms with Crippen molar-refractivity contribution in [2.24, 2.45) is 0 Å². The van der Waals surface area contributed by atoms with Gasteiger partial charge < -0.3 is 0 Å². The average molecular weight is 657 g/mol. The summed E-state index contributed by atoms with van der Waals surface area (Å²) in [5.41, 5.74) is 4.39. The predicted octanol–water partition coefficient (Wildman–Crippen LogP) is 13.4. The summed E-state index contributed by atoms with van der Waals surface area (Å²) in [7, 11) is 0. The van der Waals surface area contributed by atoms with E-state index in [4.69, 9.17) is 0 Å². The molecule has 0 nitrogen and oxygen atoms in total. The number of halogens is 6. The fourth-order valence-corrected chi connectivity index (χ4v) is 7.09.